The zero-order valence-electron chi connectivity index (χ0n) is 13.6. The summed E-state index contributed by atoms with van der Waals surface area (Å²) in [6.07, 6.45) is 0. The van der Waals surface area contributed by atoms with Gasteiger partial charge in [0.15, 0.2) is 0 Å². The SMILES string of the molecule is NC(=O)Nc1cccc(NC(=O)c2ccccc2SCc2cscn2)c1. The molecule has 4 N–H and O–H groups in total. The summed E-state index contributed by atoms with van der Waals surface area (Å²) in [7, 11) is 0. The van der Waals surface area contributed by atoms with Gasteiger partial charge in [-0.3, -0.25) is 4.79 Å². The van der Waals surface area contributed by atoms with Gasteiger partial charge in [0, 0.05) is 27.4 Å². The molecule has 0 aliphatic carbocycles. The number of rotatable bonds is 6. The molecule has 26 heavy (non-hydrogen) atoms. The van der Waals surface area contributed by atoms with E-state index in [9.17, 15) is 9.59 Å². The first kappa shape index (κ1) is 18.0. The molecule has 0 aliphatic heterocycles. The van der Waals surface area contributed by atoms with Crippen LogP contribution in [0.5, 0.6) is 0 Å². The Balaban J connectivity index is 1.72. The number of hydrogen-bond donors (Lipinski definition) is 3. The van der Waals surface area contributed by atoms with Gasteiger partial charge in [-0.1, -0.05) is 18.2 Å². The van der Waals surface area contributed by atoms with Crippen molar-refractivity contribution in [3.05, 3.63) is 70.7 Å². The van der Waals surface area contributed by atoms with E-state index in [4.69, 9.17) is 5.73 Å². The summed E-state index contributed by atoms with van der Waals surface area (Å²) in [4.78, 5) is 28.8. The van der Waals surface area contributed by atoms with Gasteiger partial charge in [0.2, 0.25) is 0 Å². The monoisotopic (exact) mass is 384 g/mol. The summed E-state index contributed by atoms with van der Waals surface area (Å²) in [6.45, 7) is 0. The number of nitrogens with two attached hydrogens (primary N) is 1. The Morgan fingerprint density at radius 2 is 1.85 bits per heavy atom. The highest BCUT2D eigenvalue weighted by atomic mass is 32.2. The summed E-state index contributed by atoms with van der Waals surface area (Å²) in [5.74, 6) is 0.480. The van der Waals surface area contributed by atoms with Crippen molar-refractivity contribution in [2.24, 2.45) is 5.73 Å². The Bertz CT molecular complexity index is 913. The van der Waals surface area contributed by atoms with E-state index < -0.39 is 6.03 Å². The minimum atomic E-state index is -0.655. The maximum Gasteiger partial charge on any atom is 0.316 e. The van der Waals surface area contributed by atoms with E-state index in [1.165, 1.54) is 0 Å². The fraction of sp³-hybridized carbons (Fsp3) is 0.0556. The number of nitrogens with one attached hydrogen (secondary N) is 2. The van der Waals surface area contributed by atoms with Gasteiger partial charge in [0.1, 0.15) is 0 Å². The highest BCUT2D eigenvalue weighted by molar-refractivity contribution is 7.98. The van der Waals surface area contributed by atoms with Crippen molar-refractivity contribution in [2.45, 2.75) is 10.6 Å². The number of thiazole rings is 1. The average molecular weight is 384 g/mol. The molecule has 1 heterocycles. The molecule has 0 radical (unpaired) electrons. The van der Waals surface area contributed by atoms with Crippen molar-refractivity contribution >= 4 is 46.4 Å². The second kappa shape index (κ2) is 8.50. The molecule has 0 atom stereocenters. The Labute approximate surface area is 158 Å². The first-order valence-corrected chi connectivity index (χ1v) is 9.61. The fourth-order valence-electron chi connectivity index (χ4n) is 2.26. The van der Waals surface area contributed by atoms with E-state index in [0.717, 1.165) is 10.6 Å². The number of amides is 3. The van der Waals surface area contributed by atoms with Gasteiger partial charge in [0.25, 0.3) is 5.91 Å². The minimum Gasteiger partial charge on any atom is -0.351 e. The second-order valence-corrected chi connectivity index (χ2v) is 7.02. The lowest BCUT2D eigenvalue weighted by atomic mass is 10.2. The van der Waals surface area contributed by atoms with E-state index in [-0.39, 0.29) is 5.91 Å². The van der Waals surface area contributed by atoms with Crippen molar-refractivity contribution in [1.82, 2.24) is 4.98 Å². The molecule has 3 rings (SSSR count). The number of aromatic nitrogens is 1. The standard InChI is InChI=1S/C18H16N4O2S2/c19-18(24)22-13-5-3-4-12(8-13)21-17(23)15-6-1-2-7-16(15)26-10-14-9-25-11-20-14/h1-9,11H,10H2,(H,21,23)(H3,19,22,24). The van der Waals surface area contributed by atoms with Crippen LogP contribution in [0.1, 0.15) is 16.1 Å². The molecule has 0 bridgehead atoms. The van der Waals surface area contributed by atoms with E-state index >= 15 is 0 Å². The van der Waals surface area contributed by atoms with Crippen molar-refractivity contribution < 1.29 is 9.59 Å². The molecule has 8 heteroatoms. The molecular weight excluding hydrogens is 368 g/mol. The largest absolute Gasteiger partial charge is 0.351 e. The van der Waals surface area contributed by atoms with Gasteiger partial charge in [-0.15, -0.1) is 23.1 Å². The van der Waals surface area contributed by atoms with E-state index in [1.54, 1.807) is 58.9 Å². The quantitative estimate of drug-likeness (QED) is 0.555. The first-order valence-electron chi connectivity index (χ1n) is 7.68. The summed E-state index contributed by atoms with van der Waals surface area (Å²) < 4.78 is 0. The number of carbonyl (C=O) groups excluding carboxylic acids is 2. The number of anilines is 2. The highest BCUT2D eigenvalue weighted by Crippen LogP contribution is 2.27. The number of benzene rings is 2. The maximum atomic E-state index is 12.7. The number of thioether (sulfide) groups is 1. The summed E-state index contributed by atoms with van der Waals surface area (Å²) >= 11 is 3.11. The van der Waals surface area contributed by atoms with Crippen LogP contribution in [-0.4, -0.2) is 16.9 Å². The molecule has 132 valence electrons. The van der Waals surface area contributed by atoms with Crippen molar-refractivity contribution in [3.63, 3.8) is 0 Å². The maximum absolute atomic E-state index is 12.7. The molecule has 0 saturated heterocycles. The molecule has 3 aromatic rings. The second-order valence-electron chi connectivity index (χ2n) is 5.29. The lowest BCUT2D eigenvalue weighted by Crippen LogP contribution is -2.19. The van der Waals surface area contributed by atoms with Crippen LogP contribution in [0.2, 0.25) is 0 Å². The number of hydrogen-bond acceptors (Lipinski definition) is 5. The molecule has 0 aliphatic rings. The average Bonchev–Trinajstić information content (AvgIpc) is 3.13. The van der Waals surface area contributed by atoms with Crippen LogP contribution in [0.25, 0.3) is 0 Å². The minimum absolute atomic E-state index is 0.220. The van der Waals surface area contributed by atoms with Gasteiger partial charge in [-0.05, 0) is 30.3 Å². The van der Waals surface area contributed by atoms with E-state index in [1.807, 2.05) is 23.6 Å². The van der Waals surface area contributed by atoms with Crippen LogP contribution in [0.15, 0.2) is 64.3 Å². The lowest BCUT2D eigenvalue weighted by molar-refractivity contribution is 0.102. The predicted octanol–water partition coefficient (Wildman–Crippen LogP) is 4.18. The smallest absolute Gasteiger partial charge is 0.316 e. The summed E-state index contributed by atoms with van der Waals surface area (Å²) in [5.41, 5.74) is 9.56. The summed E-state index contributed by atoms with van der Waals surface area (Å²) in [6, 6.07) is 13.6. The zero-order valence-corrected chi connectivity index (χ0v) is 15.3. The molecule has 0 spiro atoms. The molecule has 6 nitrogen and oxygen atoms in total. The van der Waals surface area contributed by atoms with E-state index in [0.29, 0.717) is 22.7 Å². The van der Waals surface area contributed by atoms with Gasteiger partial charge in [-0.2, -0.15) is 0 Å². The molecule has 2 aromatic carbocycles. The van der Waals surface area contributed by atoms with Crippen LogP contribution in [0, 0.1) is 0 Å². The van der Waals surface area contributed by atoms with Crippen LogP contribution in [0.4, 0.5) is 16.2 Å². The van der Waals surface area contributed by atoms with Crippen LogP contribution in [0.3, 0.4) is 0 Å². The molecule has 0 unspecified atom stereocenters. The predicted molar refractivity (Wildman–Crippen MR) is 106 cm³/mol. The van der Waals surface area contributed by atoms with Crippen molar-refractivity contribution in [3.8, 4) is 0 Å². The van der Waals surface area contributed by atoms with Gasteiger partial charge in [0.05, 0.1) is 16.8 Å². The topological polar surface area (TPSA) is 97.1 Å². The van der Waals surface area contributed by atoms with Crippen LogP contribution < -0.4 is 16.4 Å². The van der Waals surface area contributed by atoms with Crippen molar-refractivity contribution in [1.29, 1.82) is 0 Å². The Hall–Kier alpha value is -2.84. The number of carbonyl (C=O) groups is 2. The molecular formula is C18H16N4O2S2. The van der Waals surface area contributed by atoms with Gasteiger partial charge in [-0.25, -0.2) is 9.78 Å². The first-order chi connectivity index (χ1) is 12.6. The van der Waals surface area contributed by atoms with Crippen LogP contribution >= 0.6 is 23.1 Å². The Kier molecular flexibility index (Phi) is 5.88. The third-order valence-corrected chi connectivity index (χ3v) is 5.12. The van der Waals surface area contributed by atoms with Gasteiger partial charge >= 0.3 is 6.03 Å². The number of primary amides is 1. The fourth-order valence-corrected chi connectivity index (χ4v) is 3.87. The Morgan fingerprint density at radius 3 is 2.58 bits per heavy atom. The van der Waals surface area contributed by atoms with E-state index in [2.05, 4.69) is 15.6 Å². The normalized spacial score (nSPS) is 10.3. The number of nitrogens with zero attached hydrogens (tertiary/aromatic N) is 1. The molecule has 3 amide bonds. The zero-order chi connectivity index (χ0) is 18.4. The third kappa shape index (κ3) is 4.84. The van der Waals surface area contributed by atoms with Gasteiger partial charge < -0.3 is 16.4 Å². The van der Waals surface area contributed by atoms with Crippen molar-refractivity contribution in [2.75, 3.05) is 10.6 Å². The summed E-state index contributed by atoms with van der Waals surface area (Å²) in [5, 5.41) is 7.32. The molecule has 0 fully saturated rings. The molecule has 1 aromatic heterocycles. The third-order valence-electron chi connectivity index (χ3n) is 3.38. The molecule has 0 saturated carbocycles. The lowest BCUT2D eigenvalue weighted by Gasteiger charge is -2.10. The highest BCUT2D eigenvalue weighted by Gasteiger charge is 2.12. The van der Waals surface area contributed by atoms with Crippen LogP contribution in [-0.2, 0) is 5.75 Å². The Morgan fingerprint density at radius 1 is 1.08 bits per heavy atom. The number of urea groups is 1.